The molecule has 1 N–H and O–H groups in total. The van der Waals surface area contributed by atoms with Crippen LogP contribution < -0.4 is 5.32 Å². The van der Waals surface area contributed by atoms with Crippen molar-refractivity contribution < 1.29 is 22.7 Å². The van der Waals surface area contributed by atoms with Crippen LogP contribution in [-0.4, -0.2) is 47.9 Å². The van der Waals surface area contributed by atoms with Crippen LogP contribution in [-0.2, 0) is 4.74 Å². The van der Waals surface area contributed by atoms with Gasteiger partial charge < -0.3 is 10.1 Å². The van der Waals surface area contributed by atoms with Gasteiger partial charge in [0, 0.05) is 19.1 Å². The van der Waals surface area contributed by atoms with Gasteiger partial charge in [-0.25, -0.2) is 4.79 Å². The van der Waals surface area contributed by atoms with E-state index in [0.29, 0.717) is 6.54 Å². The van der Waals surface area contributed by atoms with E-state index in [0.717, 1.165) is 4.90 Å². The normalized spacial score (nSPS) is 26.1. The van der Waals surface area contributed by atoms with Gasteiger partial charge in [-0.05, 0) is 27.7 Å². The van der Waals surface area contributed by atoms with Crippen molar-refractivity contribution in [1.82, 2.24) is 10.2 Å². The Bertz CT molecular complexity index is 312. The van der Waals surface area contributed by atoms with Crippen LogP contribution in [0, 0.1) is 0 Å². The number of nitrogens with one attached hydrogen (secondary N) is 1. The molecular formula is C11H19F3N2O2. The number of hydrogen-bond acceptors (Lipinski definition) is 3. The maximum atomic E-state index is 12.9. The van der Waals surface area contributed by atoms with Gasteiger partial charge in [0.05, 0.1) is 0 Å². The Morgan fingerprint density at radius 1 is 1.28 bits per heavy atom. The van der Waals surface area contributed by atoms with Gasteiger partial charge in [-0.15, -0.1) is 0 Å². The lowest BCUT2D eigenvalue weighted by Gasteiger charge is -2.41. The van der Waals surface area contributed by atoms with Crippen LogP contribution in [0.2, 0.25) is 0 Å². The SMILES string of the molecule is CC1CNC[C@H](C(F)(F)F)N1C(=O)OC(C)(C)C. The van der Waals surface area contributed by atoms with Crippen LogP contribution in [0.25, 0.3) is 0 Å². The summed E-state index contributed by atoms with van der Waals surface area (Å²) < 4.78 is 43.6. The number of carbonyl (C=O) groups excluding carboxylic acids is 1. The maximum absolute atomic E-state index is 12.9. The second kappa shape index (κ2) is 4.95. The third-order valence-corrected chi connectivity index (χ3v) is 2.57. The molecule has 1 fully saturated rings. The zero-order chi connectivity index (χ0) is 14.1. The van der Waals surface area contributed by atoms with Crippen molar-refractivity contribution in [1.29, 1.82) is 0 Å². The maximum Gasteiger partial charge on any atom is 0.411 e. The molecule has 4 nitrogen and oxygen atoms in total. The highest BCUT2D eigenvalue weighted by atomic mass is 19.4. The number of alkyl halides is 3. The van der Waals surface area contributed by atoms with E-state index < -0.39 is 30.0 Å². The molecule has 1 saturated heterocycles. The second-order valence-corrected chi connectivity index (χ2v) is 5.45. The number of hydrogen-bond donors (Lipinski definition) is 1. The van der Waals surface area contributed by atoms with Gasteiger partial charge in [0.25, 0.3) is 0 Å². The molecule has 0 aromatic heterocycles. The van der Waals surface area contributed by atoms with E-state index in [1.165, 1.54) is 0 Å². The summed E-state index contributed by atoms with van der Waals surface area (Å²) in [7, 11) is 0. The highest BCUT2D eigenvalue weighted by Crippen LogP contribution is 2.29. The number of amides is 1. The van der Waals surface area contributed by atoms with E-state index in [1.54, 1.807) is 27.7 Å². The molecule has 0 bridgehead atoms. The van der Waals surface area contributed by atoms with Gasteiger partial charge in [0.2, 0.25) is 0 Å². The van der Waals surface area contributed by atoms with E-state index in [2.05, 4.69) is 5.32 Å². The molecule has 0 aliphatic carbocycles. The Balaban J connectivity index is 2.88. The Kier molecular flexibility index (Phi) is 4.15. The Morgan fingerprint density at radius 2 is 1.83 bits per heavy atom. The van der Waals surface area contributed by atoms with Crippen molar-refractivity contribution in [2.45, 2.75) is 51.6 Å². The highest BCUT2D eigenvalue weighted by Gasteiger charge is 2.49. The first-order chi connectivity index (χ1) is 8.02. The van der Waals surface area contributed by atoms with E-state index in [9.17, 15) is 18.0 Å². The summed E-state index contributed by atoms with van der Waals surface area (Å²) in [6.45, 7) is 6.47. The molecule has 2 atom stereocenters. The highest BCUT2D eigenvalue weighted by molar-refractivity contribution is 5.69. The van der Waals surface area contributed by atoms with Gasteiger partial charge in [-0.3, -0.25) is 4.90 Å². The van der Waals surface area contributed by atoms with Crippen LogP contribution in [0.5, 0.6) is 0 Å². The Labute approximate surface area is 104 Å². The summed E-state index contributed by atoms with van der Waals surface area (Å²) in [4.78, 5) is 12.6. The molecule has 7 heteroatoms. The molecule has 0 aromatic carbocycles. The number of ether oxygens (including phenoxy) is 1. The smallest absolute Gasteiger partial charge is 0.411 e. The van der Waals surface area contributed by atoms with Crippen LogP contribution in [0.15, 0.2) is 0 Å². The summed E-state index contributed by atoms with van der Waals surface area (Å²) in [5.74, 6) is 0. The lowest BCUT2D eigenvalue weighted by molar-refractivity contribution is -0.189. The first-order valence-electron chi connectivity index (χ1n) is 5.81. The summed E-state index contributed by atoms with van der Waals surface area (Å²) in [6.07, 6.45) is -5.38. The topological polar surface area (TPSA) is 41.6 Å². The Morgan fingerprint density at radius 3 is 2.28 bits per heavy atom. The van der Waals surface area contributed by atoms with E-state index >= 15 is 0 Å². The number of nitrogens with zero attached hydrogens (tertiary/aromatic N) is 1. The molecular weight excluding hydrogens is 249 g/mol. The molecule has 0 spiro atoms. The average molecular weight is 268 g/mol. The number of halogens is 3. The lowest BCUT2D eigenvalue weighted by atomic mass is 10.1. The minimum Gasteiger partial charge on any atom is -0.444 e. The molecule has 0 aromatic rings. The standard InChI is InChI=1S/C11H19F3N2O2/c1-7-5-15-6-8(11(12,13)14)16(7)9(17)18-10(2,3)4/h7-8,15H,5-6H2,1-4H3/t7?,8-/m1/s1. The van der Waals surface area contributed by atoms with Crippen LogP contribution in [0.1, 0.15) is 27.7 Å². The Hall–Kier alpha value is -0.980. The van der Waals surface area contributed by atoms with Gasteiger partial charge >= 0.3 is 12.3 Å². The largest absolute Gasteiger partial charge is 0.444 e. The predicted octanol–water partition coefficient (Wildman–Crippen LogP) is 2.15. The van der Waals surface area contributed by atoms with Crippen molar-refractivity contribution in [3.63, 3.8) is 0 Å². The summed E-state index contributed by atoms with van der Waals surface area (Å²) in [5.41, 5.74) is -0.808. The molecule has 1 rings (SSSR count). The fourth-order valence-electron chi connectivity index (χ4n) is 1.83. The van der Waals surface area contributed by atoms with Crippen molar-refractivity contribution in [2.75, 3.05) is 13.1 Å². The van der Waals surface area contributed by atoms with Gasteiger partial charge in [-0.2, -0.15) is 13.2 Å². The fourth-order valence-corrected chi connectivity index (χ4v) is 1.83. The van der Waals surface area contributed by atoms with Crippen molar-refractivity contribution in [3.05, 3.63) is 0 Å². The van der Waals surface area contributed by atoms with Crippen LogP contribution in [0.3, 0.4) is 0 Å². The van der Waals surface area contributed by atoms with E-state index in [1.807, 2.05) is 0 Å². The quantitative estimate of drug-likeness (QED) is 0.732. The molecule has 106 valence electrons. The zero-order valence-corrected chi connectivity index (χ0v) is 11.0. The minimum absolute atomic E-state index is 0.299. The minimum atomic E-state index is -4.46. The molecule has 18 heavy (non-hydrogen) atoms. The molecule has 1 heterocycles. The second-order valence-electron chi connectivity index (χ2n) is 5.45. The first-order valence-corrected chi connectivity index (χ1v) is 5.81. The molecule has 1 aliphatic heterocycles. The van der Waals surface area contributed by atoms with Gasteiger partial charge in [0.15, 0.2) is 0 Å². The summed E-state index contributed by atoms with van der Waals surface area (Å²) >= 11 is 0. The van der Waals surface area contributed by atoms with E-state index in [4.69, 9.17) is 4.74 Å². The van der Waals surface area contributed by atoms with Crippen molar-refractivity contribution in [2.24, 2.45) is 0 Å². The number of carbonyl (C=O) groups is 1. The van der Waals surface area contributed by atoms with E-state index in [-0.39, 0.29) is 6.54 Å². The average Bonchev–Trinajstić information content (AvgIpc) is 2.12. The molecule has 0 saturated carbocycles. The third kappa shape index (κ3) is 3.76. The van der Waals surface area contributed by atoms with Crippen molar-refractivity contribution in [3.8, 4) is 0 Å². The predicted molar refractivity (Wildman–Crippen MR) is 60.2 cm³/mol. The van der Waals surface area contributed by atoms with Crippen LogP contribution >= 0.6 is 0 Å². The molecule has 0 radical (unpaired) electrons. The number of rotatable bonds is 0. The molecule has 1 aliphatic rings. The monoisotopic (exact) mass is 268 g/mol. The van der Waals surface area contributed by atoms with Crippen LogP contribution in [0.4, 0.5) is 18.0 Å². The summed E-state index contributed by atoms with van der Waals surface area (Å²) in [6, 6.07) is -2.39. The fraction of sp³-hybridized carbons (Fsp3) is 0.909. The lowest BCUT2D eigenvalue weighted by Crippen LogP contribution is -2.63. The first kappa shape index (κ1) is 15.1. The third-order valence-electron chi connectivity index (χ3n) is 2.57. The van der Waals surface area contributed by atoms with Gasteiger partial charge in [-0.1, -0.05) is 0 Å². The number of piperazine rings is 1. The van der Waals surface area contributed by atoms with Crippen molar-refractivity contribution >= 4 is 6.09 Å². The summed E-state index contributed by atoms with van der Waals surface area (Å²) in [5, 5.41) is 2.67. The zero-order valence-electron chi connectivity index (χ0n) is 11.0. The van der Waals surface area contributed by atoms with Gasteiger partial charge in [0.1, 0.15) is 11.6 Å². The molecule has 1 unspecified atom stereocenters. The molecule has 1 amide bonds.